The summed E-state index contributed by atoms with van der Waals surface area (Å²) in [5.41, 5.74) is 5.12. The quantitative estimate of drug-likeness (QED) is 0.795. The fourth-order valence-electron chi connectivity index (χ4n) is 1.68. The number of aromatic nitrogens is 2. The zero-order valence-corrected chi connectivity index (χ0v) is 10.5. The van der Waals surface area contributed by atoms with Gasteiger partial charge in [-0.1, -0.05) is 36.5 Å². The summed E-state index contributed by atoms with van der Waals surface area (Å²) in [4.78, 5) is 24.6. The maximum atomic E-state index is 13.2. The predicted octanol–water partition coefficient (Wildman–Crippen LogP) is 0.358. The second-order valence-electron chi connectivity index (χ2n) is 3.89. The highest BCUT2D eigenvalue weighted by Gasteiger charge is 2.08. The Hall–Kier alpha value is -2.28. The van der Waals surface area contributed by atoms with Crippen LogP contribution < -0.4 is 17.0 Å². The number of hydrogen-bond donors (Lipinski definition) is 2. The van der Waals surface area contributed by atoms with Crippen molar-refractivity contribution in [2.75, 3.05) is 0 Å². The van der Waals surface area contributed by atoms with Crippen molar-refractivity contribution in [1.82, 2.24) is 9.55 Å². The van der Waals surface area contributed by atoms with Crippen LogP contribution in [0.25, 0.3) is 0 Å². The standard InChI is InChI=1S/C12H10FN3O2S/c13-9-6-16(12(18)15-11(9)17)5-7-3-1-2-4-8(7)10(14)19/h1-4,6H,5H2,(H2,14,19)(H,15,17,18). The van der Waals surface area contributed by atoms with E-state index >= 15 is 0 Å². The first kappa shape index (κ1) is 13.2. The van der Waals surface area contributed by atoms with Gasteiger partial charge in [0, 0.05) is 5.56 Å². The molecule has 0 aliphatic heterocycles. The molecule has 0 aliphatic rings. The second-order valence-corrected chi connectivity index (χ2v) is 4.33. The summed E-state index contributed by atoms with van der Waals surface area (Å²) in [5.74, 6) is -1.02. The molecule has 0 saturated carbocycles. The Morgan fingerprint density at radius 2 is 2.05 bits per heavy atom. The summed E-state index contributed by atoms with van der Waals surface area (Å²) in [6.45, 7) is 0.0695. The summed E-state index contributed by atoms with van der Waals surface area (Å²) in [6.07, 6.45) is 0.859. The Bertz CT molecular complexity index is 751. The lowest BCUT2D eigenvalue weighted by Crippen LogP contribution is -2.32. The zero-order chi connectivity index (χ0) is 14.0. The number of thiocarbonyl (C=S) groups is 1. The van der Waals surface area contributed by atoms with Gasteiger partial charge in [-0.25, -0.2) is 4.79 Å². The van der Waals surface area contributed by atoms with Crippen LogP contribution in [-0.4, -0.2) is 14.5 Å². The molecule has 0 atom stereocenters. The minimum Gasteiger partial charge on any atom is -0.389 e. The van der Waals surface area contributed by atoms with Crippen LogP contribution in [-0.2, 0) is 6.54 Å². The lowest BCUT2D eigenvalue weighted by Gasteiger charge is -2.09. The van der Waals surface area contributed by atoms with Crippen LogP contribution in [0.5, 0.6) is 0 Å². The average Bonchev–Trinajstić information content (AvgIpc) is 2.36. The number of H-pyrrole nitrogens is 1. The van der Waals surface area contributed by atoms with E-state index in [0.717, 1.165) is 10.8 Å². The lowest BCUT2D eigenvalue weighted by molar-refractivity contribution is 0.566. The predicted molar refractivity (Wildman–Crippen MR) is 72.7 cm³/mol. The number of rotatable bonds is 3. The summed E-state index contributed by atoms with van der Waals surface area (Å²) in [5, 5.41) is 0. The number of halogens is 1. The molecule has 0 saturated heterocycles. The number of nitrogens with zero attached hydrogens (tertiary/aromatic N) is 1. The maximum Gasteiger partial charge on any atom is 0.328 e. The van der Waals surface area contributed by atoms with Gasteiger partial charge in [-0.3, -0.25) is 14.3 Å². The molecule has 0 amide bonds. The van der Waals surface area contributed by atoms with Gasteiger partial charge in [0.15, 0.2) is 0 Å². The van der Waals surface area contributed by atoms with E-state index in [-0.39, 0.29) is 11.5 Å². The third kappa shape index (κ3) is 2.76. The molecule has 0 aliphatic carbocycles. The van der Waals surface area contributed by atoms with Crippen molar-refractivity contribution in [3.63, 3.8) is 0 Å². The largest absolute Gasteiger partial charge is 0.389 e. The molecule has 0 spiro atoms. The highest BCUT2D eigenvalue weighted by Crippen LogP contribution is 2.09. The van der Waals surface area contributed by atoms with Gasteiger partial charge in [0.25, 0.3) is 5.56 Å². The molecular formula is C12H10FN3O2S. The molecule has 98 valence electrons. The Morgan fingerprint density at radius 3 is 2.74 bits per heavy atom. The molecule has 2 rings (SSSR count). The highest BCUT2D eigenvalue weighted by molar-refractivity contribution is 7.80. The topological polar surface area (TPSA) is 80.9 Å². The molecule has 3 N–H and O–H groups in total. The lowest BCUT2D eigenvalue weighted by atomic mass is 10.1. The van der Waals surface area contributed by atoms with Crippen molar-refractivity contribution in [3.05, 3.63) is 68.2 Å². The summed E-state index contributed by atoms with van der Waals surface area (Å²) >= 11 is 4.90. The van der Waals surface area contributed by atoms with Crippen molar-refractivity contribution in [3.8, 4) is 0 Å². The molecule has 0 bridgehead atoms. The van der Waals surface area contributed by atoms with Crippen LogP contribution >= 0.6 is 12.2 Å². The van der Waals surface area contributed by atoms with Gasteiger partial charge in [0.1, 0.15) is 4.99 Å². The van der Waals surface area contributed by atoms with Crippen molar-refractivity contribution in [2.24, 2.45) is 5.73 Å². The van der Waals surface area contributed by atoms with E-state index in [2.05, 4.69) is 0 Å². The van der Waals surface area contributed by atoms with E-state index in [1.807, 2.05) is 4.98 Å². The van der Waals surface area contributed by atoms with Gasteiger partial charge in [-0.15, -0.1) is 0 Å². The van der Waals surface area contributed by atoms with Crippen LogP contribution in [0.15, 0.2) is 40.1 Å². The second kappa shape index (κ2) is 5.15. The minimum atomic E-state index is -1.04. The fourth-order valence-corrected chi connectivity index (χ4v) is 1.88. The Kier molecular flexibility index (Phi) is 3.57. The minimum absolute atomic E-state index is 0.0695. The van der Waals surface area contributed by atoms with Crippen LogP contribution in [0.1, 0.15) is 11.1 Å². The van der Waals surface area contributed by atoms with Crippen LogP contribution in [0.3, 0.4) is 0 Å². The molecular weight excluding hydrogens is 269 g/mol. The monoisotopic (exact) mass is 279 g/mol. The summed E-state index contributed by atoms with van der Waals surface area (Å²) in [7, 11) is 0. The van der Waals surface area contributed by atoms with Gasteiger partial charge in [0.2, 0.25) is 5.82 Å². The average molecular weight is 279 g/mol. The Balaban J connectivity index is 2.48. The first-order chi connectivity index (χ1) is 8.99. The third-order valence-electron chi connectivity index (χ3n) is 2.59. The first-order valence-corrected chi connectivity index (χ1v) is 5.77. The van der Waals surface area contributed by atoms with E-state index in [1.54, 1.807) is 24.3 Å². The van der Waals surface area contributed by atoms with E-state index in [9.17, 15) is 14.0 Å². The van der Waals surface area contributed by atoms with Gasteiger partial charge in [-0.05, 0) is 5.56 Å². The molecule has 1 aromatic carbocycles. The molecule has 7 heteroatoms. The Labute approximate surface area is 112 Å². The Morgan fingerprint density at radius 1 is 1.37 bits per heavy atom. The maximum absolute atomic E-state index is 13.2. The molecule has 0 unspecified atom stereocenters. The van der Waals surface area contributed by atoms with Crippen LogP contribution in [0.4, 0.5) is 4.39 Å². The van der Waals surface area contributed by atoms with Crippen LogP contribution in [0.2, 0.25) is 0 Å². The van der Waals surface area contributed by atoms with Gasteiger partial charge in [-0.2, -0.15) is 4.39 Å². The summed E-state index contributed by atoms with van der Waals surface area (Å²) in [6, 6.07) is 6.95. The number of nitrogens with two attached hydrogens (primary N) is 1. The van der Waals surface area contributed by atoms with E-state index in [0.29, 0.717) is 11.1 Å². The van der Waals surface area contributed by atoms with Crippen molar-refractivity contribution >= 4 is 17.2 Å². The van der Waals surface area contributed by atoms with E-state index in [1.165, 1.54) is 0 Å². The van der Waals surface area contributed by atoms with E-state index in [4.69, 9.17) is 18.0 Å². The summed E-state index contributed by atoms with van der Waals surface area (Å²) < 4.78 is 14.2. The normalized spacial score (nSPS) is 10.4. The molecule has 0 radical (unpaired) electrons. The smallest absolute Gasteiger partial charge is 0.328 e. The van der Waals surface area contributed by atoms with Crippen LogP contribution in [0, 0.1) is 5.82 Å². The number of nitrogens with one attached hydrogen (secondary N) is 1. The van der Waals surface area contributed by atoms with E-state index < -0.39 is 17.1 Å². The zero-order valence-electron chi connectivity index (χ0n) is 9.72. The fraction of sp³-hybridized carbons (Fsp3) is 0.0833. The van der Waals surface area contributed by atoms with Crippen molar-refractivity contribution < 1.29 is 4.39 Å². The molecule has 0 fully saturated rings. The molecule has 19 heavy (non-hydrogen) atoms. The number of benzene rings is 1. The highest BCUT2D eigenvalue weighted by atomic mass is 32.1. The van der Waals surface area contributed by atoms with Gasteiger partial charge < -0.3 is 5.73 Å². The molecule has 2 aromatic rings. The van der Waals surface area contributed by atoms with Crippen molar-refractivity contribution in [2.45, 2.75) is 6.54 Å². The molecule has 5 nitrogen and oxygen atoms in total. The number of aromatic amines is 1. The molecule has 1 heterocycles. The third-order valence-corrected chi connectivity index (χ3v) is 2.81. The first-order valence-electron chi connectivity index (χ1n) is 5.36. The SMILES string of the molecule is NC(=S)c1ccccc1Cn1cc(F)c(=O)[nH]c1=O. The number of hydrogen-bond acceptors (Lipinski definition) is 3. The van der Waals surface area contributed by atoms with Gasteiger partial charge >= 0.3 is 5.69 Å². The van der Waals surface area contributed by atoms with Crippen molar-refractivity contribution in [1.29, 1.82) is 0 Å². The van der Waals surface area contributed by atoms with Gasteiger partial charge in [0.05, 0.1) is 12.7 Å². The molecule has 1 aromatic heterocycles.